The largest absolute Gasteiger partial charge is 0.474 e. The molecule has 19 heavy (non-hydrogen) atoms. The highest BCUT2D eigenvalue weighted by molar-refractivity contribution is 5.11. The molecule has 1 aliphatic rings. The molecule has 106 valence electrons. The maximum absolute atomic E-state index is 11.6. The van der Waals surface area contributed by atoms with Crippen LogP contribution in [0.5, 0.6) is 5.88 Å². The van der Waals surface area contributed by atoms with Gasteiger partial charge in [0.25, 0.3) is 5.56 Å². The summed E-state index contributed by atoms with van der Waals surface area (Å²) in [5.41, 5.74) is -0.165. The lowest BCUT2D eigenvalue weighted by Crippen LogP contribution is -2.36. The van der Waals surface area contributed by atoms with E-state index in [-0.39, 0.29) is 29.8 Å². The Morgan fingerprint density at radius 2 is 2.00 bits per heavy atom. The van der Waals surface area contributed by atoms with E-state index < -0.39 is 0 Å². The van der Waals surface area contributed by atoms with Crippen LogP contribution in [-0.4, -0.2) is 28.3 Å². The van der Waals surface area contributed by atoms with Crippen LogP contribution >= 0.6 is 0 Å². The molecule has 0 radical (unpaired) electrons. The van der Waals surface area contributed by atoms with Crippen molar-refractivity contribution in [3.8, 4) is 5.88 Å². The lowest BCUT2D eigenvalue weighted by molar-refractivity contribution is -0.0730. The van der Waals surface area contributed by atoms with Gasteiger partial charge in [0.2, 0.25) is 5.88 Å². The highest BCUT2D eigenvalue weighted by atomic mass is 16.5. The predicted molar refractivity (Wildman–Crippen MR) is 72.6 cm³/mol. The van der Waals surface area contributed by atoms with E-state index in [0.29, 0.717) is 11.7 Å². The number of rotatable bonds is 3. The topological polar surface area (TPSA) is 64.2 Å². The van der Waals surface area contributed by atoms with Crippen molar-refractivity contribution in [3.05, 3.63) is 22.2 Å². The maximum atomic E-state index is 11.6. The van der Waals surface area contributed by atoms with Crippen molar-refractivity contribution in [1.29, 1.82) is 0 Å². The van der Waals surface area contributed by atoms with E-state index in [9.17, 15) is 4.79 Å². The quantitative estimate of drug-likeness (QED) is 0.911. The molecule has 0 amide bonds. The number of aromatic amines is 1. The van der Waals surface area contributed by atoms with Crippen molar-refractivity contribution in [2.24, 2.45) is 0 Å². The van der Waals surface area contributed by atoms with Gasteiger partial charge in [-0.25, -0.2) is 0 Å². The molecule has 0 spiro atoms. The van der Waals surface area contributed by atoms with E-state index in [4.69, 9.17) is 9.47 Å². The summed E-state index contributed by atoms with van der Waals surface area (Å²) < 4.78 is 11.5. The van der Waals surface area contributed by atoms with Crippen LogP contribution in [0, 0.1) is 0 Å². The van der Waals surface area contributed by atoms with Crippen molar-refractivity contribution in [2.75, 3.05) is 0 Å². The SMILES string of the molecule is CC1CC(Oc2cc(=O)[nH]c(C(C)C)n2)CC(C)O1. The first-order chi connectivity index (χ1) is 8.94. The third kappa shape index (κ3) is 3.80. The fraction of sp³-hybridized carbons (Fsp3) is 0.714. The molecule has 2 rings (SSSR count). The Hall–Kier alpha value is -1.36. The smallest absolute Gasteiger partial charge is 0.254 e. The average Bonchev–Trinajstić information content (AvgIpc) is 2.26. The second-order valence-corrected chi connectivity index (χ2v) is 5.59. The number of hydrogen-bond acceptors (Lipinski definition) is 4. The lowest BCUT2D eigenvalue weighted by Gasteiger charge is -2.31. The molecular formula is C14H22N2O3. The molecule has 2 unspecified atom stereocenters. The van der Waals surface area contributed by atoms with Crippen LogP contribution in [0.25, 0.3) is 0 Å². The van der Waals surface area contributed by atoms with Gasteiger partial charge in [-0.15, -0.1) is 0 Å². The molecule has 5 nitrogen and oxygen atoms in total. The fourth-order valence-corrected chi connectivity index (χ4v) is 2.40. The molecule has 0 bridgehead atoms. The molecule has 1 fully saturated rings. The van der Waals surface area contributed by atoms with Crippen molar-refractivity contribution in [2.45, 2.75) is 64.8 Å². The summed E-state index contributed by atoms with van der Waals surface area (Å²) in [6, 6.07) is 1.41. The van der Waals surface area contributed by atoms with Crippen LogP contribution in [0.2, 0.25) is 0 Å². The first kappa shape index (κ1) is 14.1. The van der Waals surface area contributed by atoms with E-state index in [1.54, 1.807) is 0 Å². The zero-order valence-electron chi connectivity index (χ0n) is 12.0. The third-order valence-corrected chi connectivity index (χ3v) is 3.23. The minimum Gasteiger partial charge on any atom is -0.474 e. The van der Waals surface area contributed by atoms with Crippen molar-refractivity contribution in [3.63, 3.8) is 0 Å². The molecule has 2 heterocycles. The van der Waals surface area contributed by atoms with E-state index in [2.05, 4.69) is 9.97 Å². The monoisotopic (exact) mass is 266 g/mol. The van der Waals surface area contributed by atoms with Crippen LogP contribution in [0.3, 0.4) is 0 Å². The molecule has 0 aromatic carbocycles. The van der Waals surface area contributed by atoms with Crippen molar-refractivity contribution < 1.29 is 9.47 Å². The first-order valence-corrected chi connectivity index (χ1v) is 6.87. The van der Waals surface area contributed by atoms with Gasteiger partial charge in [-0.1, -0.05) is 13.8 Å². The molecule has 1 aromatic rings. The summed E-state index contributed by atoms with van der Waals surface area (Å²) in [5, 5.41) is 0. The van der Waals surface area contributed by atoms with Crippen LogP contribution in [0.1, 0.15) is 52.3 Å². The Kier molecular flexibility index (Phi) is 4.24. The Balaban J connectivity index is 2.12. The second kappa shape index (κ2) is 5.74. The minimum atomic E-state index is -0.165. The van der Waals surface area contributed by atoms with Crippen molar-refractivity contribution in [1.82, 2.24) is 9.97 Å². The summed E-state index contributed by atoms with van der Waals surface area (Å²) in [4.78, 5) is 18.7. The number of nitrogens with one attached hydrogen (secondary N) is 1. The molecular weight excluding hydrogens is 244 g/mol. The highest BCUT2D eigenvalue weighted by Crippen LogP contribution is 2.23. The van der Waals surface area contributed by atoms with Crippen molar-refractivity contribution >= 4 is 0 Å². The molecule has 1 aliphatic heterocycles. The molecule has 1 N–H and O–H groups in total. The maximum Gasteiger partial charge on any atom is 0.254 e. The standard InChI is InChI=1S/C14H22N2O3/c1-8(2)14-15-12(17)7-13(16-14)19-11-5-9(3)18-10(4)6-11/h7-11H,5-6H2,1-4H3,(H,15,16,17). The van der Waals surface area contributed by atoms with E-state index >= 15 is 0 Å². The fourth-order valence-electron chi connectivity index (χ4n) is 2.40. The normalized spacial score (nSPS) is 27.5. The summed E-state index contributed by atoms with van der Waals surface area (Å²) in [7, 11) is 0. The number of nitrogens with zero attached hydrogens (tertiary/aromatic N) is 1. The lowest BCUT2D eigenvalue weighted by atomic mass is 10.0. The molecule has 2 atom stereocenters. The molecule has 0 saturated carbocycles. The van der Waals surface area contributed by atoms with Gasteiger partial charge in [-0.05, 0) is 13.8 Å². The van der Waals surface area contributed by atoms with E-state index in [0.717, 1.165) is 12.8 Å². The summed E-state index contributed by atoms with van der Waals surface area (Å²) >= 11 is 0. The molecule has 5 heteroatoms. The minimum absolute atomic E-state index is 0.0630. The zero-order valence-corrected chi connectivity index (χ0v) is 12.0. The van der Waals surface area contributed by atoms with Gasteiger partial charge in [-0.3, -0.25) is 4.79 Å². The average molecular weight is 266 g/mol. The van der Waals surface area contributed by atoms with Gasteiger partial charge < -0.3 is 14.5 Å². The molecule has 0 aliphatic carbocycles. The first-order valence-electron chi connectivity index (χ1n) is 6.87. The molecule has 1 aromatic heterocycles. The number of ether oxygens (including phenoxy) is 2. The van der Waals surface area contributed by atoms with Gasteiger partial charge in [0.05, 0.1) is 18.3 Å². The number of aromatic nitrogens is 2. The zero-order chi connectivity index (χ0) is 14.0. The summed E-state index contributed by atoms with van der Waals surface area (Å²) in [6.45, 7) is 8.05. The van der Waals surface area contributed by atoms with Crippen LogP contribution < -0.4 is 10.3 Å². The van der Waals surface area contributed by atoms with Gasteiger partial charge in [0, 0.05) is 18.8 Å². The predicted octanol–water partition coefficient (Wildman–Crippen LogP) is 2.23. The van der Waals surface area contributed by atoms with E-state index in [1.807, 2.05) is 27.7 Å². The Labute approximate surface area is 113 Å². The van der Waals surface area contributed by atoms with Gasteiger partial charge >= 0.3 is 0 Å². The van der Waals surface area contributed by atoms with Gasteiger partial charge in [0.1, 0.15) is 11.9 Å². The Morgan fingerprint density at radius 1 is 1.37 bits per heavy atom. The van der Waals surface area contributed by atoms with E-state index in [1.165, 1.54) is 6.07 Å². The van der Waals surface area contributed by atoms with Gasteiger partial charge in [0.15, 0.2) is 0 Å². The summed E-state index contributed by atoms with van der Waals surface area (Å²) in [6.07, 6.45) is 2.08. The highest BCUT2D eigenvalue weighted by Gasteiger charge is 2.26. The number of H-pyrrole nitrogens is 1. The molecule has 1 saturated heterocycles. The van der Waals surface area contributed by atoms with Crippen LogP contribution in [0.4, 0.5) is 0 Å². The Bertz CT molecular complexity index is 474. The Morgan fingerprint density at radius 3 is 2.58 bits per heavy atom. The number of hydrogen-bond donors (Lipinski definition) is 1. The van der Waals surface area contributed by atoms with Crippen LogP contribution in [0.15, 0.2) is 10.9 Å². The third-order valence-electron chi connectivity index (χ3n) is 3.23. The second-order valence-electron chi connectivity index (χ2n) is 5.59. The van der Waals surface area contributed by atoms with Crippen LogP contribution in [-0.2, 0) is 4.74 Å². The summed E-state index contributed by atoms with van der Waals surface area (Å²) in [5.74, 6) is 1.25. The van der Waals surface area contributed by atoms with Gasteiger partial charge in [-0.2, -0.15) is 4.98 Å².